The van der Waals surface area contributed by atoms with Gasteiger partial charge in [-0.3, -0.25) is 9.59 Å². The molecule has 0 aliphatic carbocycles. The molecular weight excluding hydrogens is 422 g/mol. The summed E-state index contributed by atoms with van der Waals surface area (Å²) in [5.74, 6) is 0.694. The molecule has 1 aromatic heterocycles. The number of rotatable bonds is 5. The van der Waals surface area contributed by atoms with Crippen LogP contribution in [0.1, 0.15) is 41.4 Å². The average molecular weight is 454 g/mol. The molecule has 2 aliphatic rings. The van der Waals surface area contributed by atoms with Crippen LogP contribution >= 0.6 is 0 Å². The number of hydrogen-bond acceptors (Lipinski definition) is 8. The maximum Gasteiger partial charge on any atom is 0.309 e. The summed E-state index contributed by atoms with van der Waals surface area (Å²) < 4.78 is 5.18. The number of phenols is 1. The molecule has 9 nitrogen and oxygen atoms in total. The number of carbonyl (C=O) groups excluding carboxylic acids is 2. The van der Waals surface area contributed by atoms with Crippen LogP contribution in [0.15, 0.2) is 24.5 Å². The standard InChI is InChI=1S/C24H31N5O4/c1-4-33-24(32)16-7-10-28(11-8-16)22-19-14-29(12-9-20(19)25-15-26-22)23(31)18-6-5-17(30)13-21(18)27(2)3/h5-6,13,15-16,30H,4,7-12,14H2,1-3H3. The molecule has 2 aliphatic heterocycles. The SMILES string of the molecule is CCOC(=O)C1CCN(c2ncnc3c2CN(C(=O)c2ccc(O)cc2N(C)C)CC3)CC1. The van der Waals surface area contributed by atoms with Crippen LogP contribution in [0.5, 0.6) is 5.75 Å². The monoisotopic (exact) mass is 453 g/mol. The molecule has 0 atom stereocenters. The number of aromatic hydroxyl groups is 1. The Balaban J connectivity index is 1.53. The largest absolute Gasteiger partial charge is 0.508 e. The summed E-state index contributed by atoms with van der Waals surface area (Å²) in [6, 6.07) is 4.82. The number of hydrogen-bond donors (Lipinski definition) is 1. The van der Waals surface area contributed by atoms with Crippen molar-refractivity contribution >= 4 is 23.4 Å². The highest BCUT2D eigenvalue weighted by Crippen LogP contribution is 2.31. The lowest BCUT2D eigenvalue weighted by Gasteiger charge is -2.36. The third-order valence-corrected chi connectivity index (χ3v) is 6.37. The van der Waals surface area contributed by atoms with Gasteiger partial charge < -0.3 is 24.5 Å². The maximum atomic E-state index is 13.4. The van der Waals surface area contributed by atoms with Crippen molar-refractivity contribution in [3.05, 3.63) is 41.3 Å². The fraction of sp³-hybridized carbons (Fsp3) is 0.500. The average Bonchev–Trinajstić information content (AvgIpc) is 2.83. The summed E-state index contributed by atoms with van der Waals surface area (Å²) in [5.41, 5.74) is 3.17. The van der Waals surface area contributed by atoms with Crippen LogP contribution in [-0.4, -0.2) is 72.2 Å². The van der Waals surface area contributed by atoms with Gasteiger partial charge in [0, 0.05) is 51.8 Å². The second-order valence-corrected chi connectivity index (χ2v) is 8.71. The summed E-state index contributed by atoms with van der Waals surface area (Å²) in [4.78, 5) is 40.4. The van der Waals surface area contributed by atoms with Crippen molar-refractivity contribution in [2.45, 2.75) is 32.7 Å². The summed E-state index contributed by atoms with van der Waals surface area (Å²) in [6.07, 6.45) is 3.69. The van der Waals surface area contributed by atoms with Crippen LogP contribution in [0.2, 0.25) is 0 Å². The molecule has 3 heterocycles. The minimum absolute atomic E-state index is 0.0732. The van der Waals surface area contributed by atoms with Crippen LogP contribution in [-0.2, 0) is 22.5 Å². The van der Waals surface area contributed by atoms with Gasteiger partial charge in [0.25, 0.3) is 5.91 Å². The fourth-order valence-electron chi connectivity index (χ4n) is 4.60. The lowest BCUT2D eigenvalue weighted by atomic mass is 9.96. The number of anilines is 2. The molecule has 1 fully saturated rings. The van der Waals surface area contributed by atoms with Gasteiger partial charge in [0.05, 0.1) is 36.0 Å². The Labute approximate surface area is 194 Å². The number of phenolic OH excluding ortho intramolecular Hbond substituents is 1. The number of aromatic nitrogens is 2. The molecule has 9 heteroatoms. The first-order chi connectivity index (χ1) is 15.9. The maximum absolute atomic E-state index is 13.4. The summed E-state index contributed by atoms with van der Waals surface area (Å²) in [7, 11) is 3.70. The molecule has 1 N–H and O–H groups in total. The number of benzene rings is 1. The van der Waals surface area contributed by atoms with Crippen LogP contribution in [0.25, 0.3) is 0 Å². The highest BCUT2D eigenvalue weighted by Gasteiger charge is 2.31. The van der Waals surface area contributed by atoms with E-state index in [1.807, 2.05) is 30.8 Å². The lowest BCUT2D eigenvalue weighted by Crippen LogP contribution is -2.41. The van der Waals surface area contributed by atoms with Gasteiger partial charge in [0.2, 0.25) is 0 Å². The van der Waals surface area contributed by atoms with E-state index >= 15 is 0 Å². The quantitative estimate of drug-likeness (QED) is 0.688. The van der Waals surface area contributed by atoms with Crippen LogP contribution in [0.4, 0.5) is 11.5 Å². The first kappa shape index (κ1) is 22.8. The third kappa shape index (κ3) is 4.72. The summed E-state index contributed by atoms with van der Waals surface area (Å²) in [5, 5.41) is 9.87. The van der Waals surface area contributed by atoms with Crippen molar-refractivity contribution in [3.63, 3.8) is 0 Å². The van der Waals surface area contributed by atoms with E-state index in [2.05, 4.69) is 14.9 Å². The van der Waals surface area contributed by atoms with E-state index in [0.717, 1.165) is 29.9 Å². The Morgan fingerprint density at radius 3 is 2.64 bits per heavy atom. The molecular formula is C24H31N5O4. The van der Waals surface area contributed by atoms with Crippen LogP contribution in [0.3, 0.4) is 0 Å². The van der Waals surface area contributed by atoms with Crippen molar-refractivity contribution in [1.82, 2.24) is 14.9 Å². The van der Waals surface area contributed by atoms with Crippen molar-refractivity contribution in [3.8, 4) is 5.75 Å². The van der Waals surface area contributed by atoms with Gasteiger partial charge in [-0.15, -0.1) is 0 Å². The van der Waals surface area contributed by atoms with E-state index in [9.17, 15) is 14.7 Å². The number of amides is 1. The van der Waals surface area contributed by atoms with E-state index in [0.29, 0.717) is 50.5 Å². The van der Waals surface area contributed by atoms with Gasteiger partial charge >= 0.3 is 5.97 Å². The number of piperidine rings is 1. The van der Waals surface area contributed by atoms with E-state index < -0.39 is 0 Å². The Morgan fingerprint density at radius 2 is 1.94 bits per heavy atom. The molecule has 1 aromatic carbocycles. The first-order valence-electron chi connectivity index (χ1n) is 11.4. The van der Waals surface area contributed by atoms with E-state index in [4.69, 9.17) is 4.74 Å². The second-order valence-electron chi connectivity index (χ2n) is 8.71. The van der Waals surface area contributed by atoms with Gasteiger partial charge in [0.15, 0.2) is 0 Å². The topological polar surface area (TPSA) is 99.1 Å². The molecule has 4 rings (SSSR count). The van der Waals surface area contributed by atoms with Crippen molar-refractivity contribution < 1.29 is 19.4 Å². The number of carbonyl (C=O) groups is 2. The smallest absolute Gasteiger partial charge is 0.309 e. The molecule has 2 aromatic rings. The zero-order valence-corrected chi connectivity index (χ0v) is 19.5. The Hall–Kier alpha value is -3.36. The lowest BCUT2D eigenvalue weighted by molar-refractivity contribution is -0.148. The predicted octanol–water partition coefficient (Wildman–Crippen LogP) is 2.23. The first-order valence-corrected chi connectivity index (χ1v) is 11.4. The van der Waals surface area contributed by atoms with Crippen LogP contribution < -0.4 is 9.80 Å². The van der Waals surface area contributed by atoms with Gasteiger partial charge in [-0.1, -0.05) is 0 Å². The number of fused-ring (bicyclic) bond motifs is 1. The molecule has 1 amide bonds. The highest BCUT2D eigenvalue weighted by molar-refractivity contribution is 6.00. The fourth-order valence-corrected chi connectivity index (χ4v) is 4.60. The molecule has 0 radical (unpaired) electrons. The number of ether oxygens (including phenoxy) is 1. The van der Waals surface area contributed by atoms with Gasteiger partial charge in [0.1, 0.15) is 17.9 Å². The molecule has 33 heavy (non-hydrogen) atoms. The second kappa shape index (κ2) is 9.64. The Bertz CT molecular complexity index is 1030. The molecule has 0 saturated carbocycles. The normalized spacial score (nSPS) is 16.3. The molecule has 0 spiro atoms. The van der Waals surface area contributed by atoms with Crippen molar-refractivity contribution in [2.75, 3.05) is 50.1 Å². The van der Waals surface area contributed by atoms with Gasteiger partial charge in [-0.05, 0) is 31.9 Å². The number of nitrogens with zero attached hydrogens (tertiary/aromatic N) is 5. The van der Waals surface area contributed by atoms with E-state index in [1.54, 1.807) is 24.5 Å². The minimum Gasteiger partial charge on any atom is -0.508 e. The number of esters is 1. The molecule has 1 saturated heterocycles. The van der Waals surface area contributed by atoms with Crippen molar-refractivity contribution in [1.29, 1.82) is 0 Å². The Morgan fingerprint density at radius 1 is 1.18 bits per heavy atom. The highest BCUT2D eigenvalue weighted by atomic mass is 16.5. The van der Waals surface area contributed by atoms with Gasteiger partial charge in [-0.2, -0.15) is 0 Å². The summed E-state index contributed by atoms with van der Waals surface area (Å²) >= 11 is 0. The molecule has 0 unspecified atom stereocenters. The van der Waals surface area contributed by atoms with E-state index in [-0.39, 0.29) is 23.5 Å². The van der Waals surface area contributed by atoms with E-state index in [1.165, 1.54) is 0 Å². The van der Waals surface area contributed by atoms with Crippen molar-refractivity contribution in [2.24, 2.45) is 5.92 Å². The molecule has 176 valence electrons. The summed E-state index contributed by atoms with van der Waals surface area (Å²) in [6.45, 7) is 4.65. The minimum atomic E-state index is -0.121. The predicted molar refractivity (Wildman–Crippen MR) is 124 cm³/mol. The molecule has 0 bridgehead atoms. The van der Waals surface area contributed by atoms with Gasteiger partial charge in [-0.25, -0.2) is 9.97 Å². The third-order valence-electron chi connectivity index (χ3n) is 6.37. The Kier molecular flexibility index (Phi) is 6.67. The zero-order chi connectivity index (χ0) is 23.5. The van der Waals surface area contributed by atoms with Crippen LogP contribution in [0, 0.1) is 5.92 Å². The zero-order valence-electron chi connectivity index (χ0n) is 19.5.